The van der Waals surface area contributed by atoms with E-state index in [1.165, 1.54) is 17.4 Å². The second-order valence-electron chi connectivity index (χ2n) is 8.12. The predicted molar refractivity (Wildman–Crippen MR) is 134 cm³/mol. The van der Waals surface area contributed by atoms with Crippen LogP contribution in [0.5, 0.6) is 0 Å². The zero-order valence-electron chi connectivity index (χ0n) is 18.0. The summed E-state index contributed by atoms with van der Waals surface area (Å²) in [5.41, 5.74) is 3.95. The highest BCUT2D eigenvalue weighted by Crippen LogP contribution is 2.37. The van der Waals surface area contributed by atoms with E-state index in [1.54, 1.807) is 34.8 Å². The molecule has 174 valence electrons. The van der Waals surface area contributed by atoms with Crippen LogP contribution < -0.4 is 10.9 Å². The van der Waals surface area contributed by atoms with Gasteiger partial charge in [0.25, 0.3) is 5.56 Å². The number of nitrogens with one attached hydrogen (secondary N) is 2. The van der Waals surface area contributed by atoms with Crippen LogP contribution in [-0.4, -0.2) is 33.9 Å². The molecule has 1 aliphatic rings. The Morgan fingerprint density at radius 1 is 1.29 bits per heavy atom. The maximum Gasteiger partial charge on any atom is 0.256 e. The van der Waals surface area contributed by atoms with Gasteiger partial charge in [-0.05, 0) is 60.2 Å². The van der Waals surface area contributed by atoms with Gasteiger partial charge in [-0.3, -0.25) is 14.6 Å². The lowest BCUT2D eigenvalue weighted by Crippen LogP contribution is -2.42. The molecule has 0 saturated heterocycles. The number of H-pyrrole nitrogens is 1. The van der Waals surface area contributed by atoms with E-state index >= 15 is 0 Å². The van der Waals surface area contributed by atoms with Crippen molar-refractivity contribution in [3.05, 3.63) is 79.4 Å². The molecule has 2 N–H and O–H groups in total. The molecule has 0 aliphatic carbocycles. The van der Waals surface area contributed by atoms with Gasteiger partial charge in [0.2, 0.25) is 5.91 Å². The first-order valence-electron chi connectivity index (χ1n) is 10.6. The number of halogens is 3. The highest BCUT2D eigenvalue weighted by molar-refractivity contribution is 7.13. The fourth-order valence-electron chi connectivity index (χ4n) is 4.42. The van der Waals surface area contributed by atoms with E-state index in [1.807, 2.05) is 13.0 Å². The molecule has 2 aromatic heterocycles. The Hall–Kier alpha value is -2.94. The van der Waals surface area contributed by atoms with Crippen molar-refractivity contribution in [2.45, 2.75) is 19.4 Å². The molecule has 1 amide bonds. The van der Waals surface area contributed by atoms with Gasteiger partial charge >= 0.3 is 0 Å². The summed E-state index contributed by atoms with van der Waals surface area (Å²) in [6.07, 6.45) is 2.29. The third kappa shape index (κ3) is 4.17. The van der Waals surface area contributed by atoms with Crippen molar-refractivity contribution in [2.24, 2.45) is 0 Å². The highest BCUT2D eigenvalue weighted by atomic mass is 35.5. The van der Waals surface area contributed by atoms with Crippen LogP contribution in [0.15, 0.2) is 46.8 Å². The molecule has 34 heavy (non-hydrogen) atoms. The van der Waals surface area contributed by atoms with Gasteiger partial charge in [0.1, 0.15) is 5.82 Å². The number of aromatic nitrogens is 2. The average molecular weight is 517 g/mol. The van der Waals surface area contributed by atoms with E-state index in [2.05, 4.69) is 15.3 Å². The van der Waals surface area contributed by atoms with Crippen LogP contribution in [0.4, 0.5) is 10.1 Å². The first-order chi connectivity index (χ1) is 16.3. The first kappa shape index (κ1) is 22.8. The van der Waals surface area contributed by atoms with E-state index in [9.17, 15) is 14.0 Å². The Kier molecular flexibility index (Phi) is 6.06. The van der Waals surface area contributed by atoms with Crippen LogP contribution in [0.1, 0.15) is 24.1 Å². The number of aromatic amines is 1. The molecule has 1 unspecified atom stereocenters. The second-order valence-corrected chi connectivity index (χ2v) is 9.85. The molecule has 5 rings (SSSR count). The molecule has 6 nitrogen and oxygen atoms in total. The molecule has 10 heteroatoms. The summed E-state index contributed by atoms with van der Waals surface area (Å²) >= 11 is 13.9. The third-order valence-electron chi connectivity index (χ3n) is 6.07. The standard InChI is InChI=1S/C24H19Cl2FN4O2S/c1-12-23-13(4-15(25)7-17(23)26)2-3-31(12)22(32)10-29-19-5-14-6-20(21-9-28-11-34-21)30-24(33)16(14)8-18(19)27/h4-9,11-12,29H,2-3,10H2,1H3,(H,30,33). The quantitative estimate of drug-likeness (QED) is 0.367. The monoisotopic (exact) mass is 516 g/mol. The van der Waals surface area contributed by atoms with E-state index in [0.29, 0.717) is 34.1 Å². The summed E-state index contributed by atoms with van der Waals surface area (Å²) in [6.45, 7) is 2.33. The maximum atomic E-state index is 14.8. The van der Waals surface area contributed by atoms with E-state index in [4.69, 9.17) is 23.2 Å². The molecule has 1 atom stereocenters. The molecule has 4 aromatic rings. The largest absolute Gasteiger partial charge is 0.374 e. The smallest absolute Gasteiger partial charge is 0.256 e. The Bertz CT molecular complexity index is 1470. The van der Waals surface area contributed by atoms with Crippen LogP contribution in [-0.2, 0) is 11.2 Å². The number of carbonyl (C=O) groups is 1. The Balaban J connectivity index is 1.38. The van der Waals surface area contributed by atoms with Gasteiger partial charge in [-0.25, -0.2) is 4.39 Å². The number of nitrogens with zero attached hydrogens (tertiary/aromatic N) is 2. The molecule has 1 aliphatic heterocycles. The van der Waals surface area contributed by atoms with Gasteiger partial charge in [-0.15, -0.1) is 11.3 Å². The number of hydrogen-bond donors (Lipinski definition) is 2. The Morgan fingerprint density at radius 3 is 2.88 bits per heavy atom. The molecular formula is C24H19Cl2FN4O2S. The third-order valence-corrected chi connectivity index (χ3v) is 7.40. The van der Waals surface area contributed by atoms with Crippen molar-refractivity contribution < 1.29 is 9.18 Å². The number of amides is 1. The molecule has 3 heterocycles. The lowest BCUT2D eigenvalue weighted by Gasteiger charge is -2.36. The maximum absolute atomic E-state index is 14.8. The van der Waals surface area contributed by atoms with Crippen LogP contribution >= 0.6 is 34.5 Å². The number of rotatable bonds is 4. The topological polar surface area (TPSA) is 78.1 Å². The zero-order valence-corrected chi connectivity index (χ0v) is 20.3. The zero-order chi connectivity index (χ0) is 24.0. The molecule has 0 spiro atoms. The van der Waals surface area contributed by atoms with Gasteiger partial charge < -0.3 is 15.2 Å². The fourth-order valence-corrected chi connectivity index (χ4v) is 5.71. The Morgan fingerprint density at radius 2 is 2.12 bits per heavy atom. The van der Waals surface area contributed by atoms with Crippen LogP contribution in [0, 0.1) is 5.82 Å². The SMILES string of the molecule is CC1c2c(Cl)cc(Cl)cc2CCN1C(=O)CNc1cc2cc(-c3cncs3)[nH]c(=O)c2cc1F. The van der Waals surface area contributed by atoms with E-state index < -0.39 is 5.82 Å². The minimum Gasteiger partial charge on any atom is -0.374 e. The number of benzene rings is 2. The van der Waals surface area contributed by atoms with E-state index in [0.717, 1.165) is 16.0 Å². The van der Waals surface area contributed by atoms with Crippen LogP contribution in [0.2, 0.25) is 10.0 Å². The first-order valence-corrected chi connectivity index (χ1v) is 12.2. The van der Waals surface area contributed by atoms with Gasteiger partial charge in [-0.1, -0.05) is 23.2 Å². The minimum absolute atomic E-state index is 0.0990. The van der Waals surface area contributed by atoms with Crippen molar-refractivity contribution >= 4 is 56.9 Å². The molecule has 0 radical (unpaired) electrons. The number of fused-ring (bicyclic) bond motifs is 2. The number of carbonyl (C=O) groups excluding carboxylic acids is 1. The van der Waals surface area contributed by atoms with Crippen LogP contribution in [0.25, 0.3) is 21.3 Å². The number of anilines is 1. The molecule has 0 fully saturated rings. The summed E-state index contributed by atoms with van der Waals surface area (Å²) in [6, 6.07) is 7.83. The van der Waals surface area contributed by atoms with Crippen molar-refractivity contribution in [1.82, 2.24) is 14.9 Å². The Labute approximate surface area is 208 Å². The van der Waals surface area contributed by atoms with Crippen LogP contribution in [0.3, 0.4) is 0 Å². The summed E-state index contributed by atoms with van der Waals surface area (Å²) < 4.78 is 14.8. The molecule has 2 aromatic carbocycles. The summed E-state index contributed by atoms with van der Waals surface area (Å²) in [7, 11) is 0. The van der Waals surface area contributed by atoms with Gasteiger partial charge in [-0.2, -0.15) is 0 Å². The average Bonchev–Trinajstić information content (AvgIpc) is 3.33. The van der Waals surface area contributed by atoms with Crippen molar-refractivity contribution in [2.75, 3.05) is 18.4 Å². The van der Waals surface area contributed by atoms with Crippen molar-refractivity contribution in [3.63, 3.8) is 0 Å². The normalized spacial score (nSPS) is 15.4. The highest BCUT2D eigenvalue weighted by Gasteiger charge is 2.29. The lowest BCUT2D eigenvalue weighted by atomic mass is 9.93. The fraction of sp³-hybridized carbons (Fsp3) is 0.208. The number of hydrogen-bond acceptors (Lipinski definition) is 5. The number of thiazole rings is 1. The minimum atomic E-state index is -0.605. The molecule has 0 bridgehead atoms. The lowest BCUT2D eigenvalue weighted by molar-refractivity contribution is -0.131. The van der Waals surface area contributed by atoms with Gasteiger partial charge in [0, 0.05) is 22.8 Å². The summed E-state index contributed by atoms with van der Waals surface area (Å²) in [5.74, 6) is -0.786. The van der Waals surface area contributed by atoms with Gasteiger partial charge in [0.05, 0.1) is 39.7 Å². The summed E-state index contributed by atoms with van der Waals surface area (Å²) in [5, 5.41) is 4.80. The summed E-state index contributed by atoms with van der Waals surface area (Å²) in [4.78, 5) is 34.8. The predicted octanol–water partition coefficient (Wildman–Crippen LogP) is 5.66. The van der Waals surface area contributed by atoms with E-state index in [-0.39, 0.29) is 35.1 Å². The van der Waals surface area contributed by atoms with Gasteiger partial charge in [0.15, 0.2) is 0 Å². The molecular weight excluding hydrogens is 498 g/mol. The number of pyridine rings is 1. The van der Waals surface area contributed by atoms with Crippen molar-refractivity contribution in [3.8, 4) is 10.6 Å². The van der Waals surface area contributed by atoms with Crippen molar-refractivity contribution in [1.29, 1.82) is 0 Å². The molecule has 0 saturated carbocycles. The second kappa shape index (κ2) is 9.02.